The largest absolute Gasteiger partial charge is 0.479 e. The molecule has 0 aliphatic carbocycles. The molecule has 2 saturated heterocycles. The van der Waals surface area contributed by atoms with Crippen molar-refractivity contribution in [3.8, 4) is 0 Å². The second kappa shape index (κ2) is 9.01. The van der Waals surface area contributed by atoms with E-state index in [1.165, 1.54) is 13.8 Å². The van der Waals surface area contributed by atoms with Gasteiger partial charge in [0, 0.05) is 0 Å². The van der Waals surface area contributed by atoms with Crippen LogP contribution in [0.1, 0.15) is 13.8 Å². The Labute approximate surface area is 147 Å². The van der Waals surface area contributed by atoms with Gasteiger partial charge in [-0.15, -0.1) is 0 Å². The van der Waals surface area contributed by atoms with Crippen LogP contribution in [0.5, 0.6) is 0 Å². The highest BCUT2D eigenvalue weighted by molar-refractivity contribution is 5.73. The molecule has 12 heteroatoms. The van der Waals surface area contributed by atoms with Gasteiger partial charge in [0.1, 0.15) is 36.6 Å². The van der Waals surface area contributed by atoms with E-state index in [1.54, 1.807) is 0 Å². The van der Waals surface area contributed by atoms with E-state index in [1.807, 2.05) is 0 Å². The van der Waals surface area contributed by atoms with Crippen LogP contribution in [0.2, 0.25) is 0 Å². The van der Waals surface area contributed by atoms with Crippen molar-refractivity contribution in [1.82, 2.24) is 0 Å². The Morgan fingerprint density at radius 3 is 1.08 bits per heavy atom. The van der Waals surface area contributed by atoms with Crippen LogP contribution in [0.25, 0.3) is 0 Å². The summed E-state index contributed by atoms with van der Waals surface area (Å²) in [5, 5.41) is 72.2. The van der Waals surface area contributed by atoms with Crippen LogP contribution in [0.3, 0.4) is 0 Å². The lowest BCUT2D eigenvalue weighted by molar-refractivity contribution is -0.223. The summed E-state index contributed by atoms with van der Waals surface area (Å²) in [5.41, 5.74) is 0. The van der Waals surface area contributed by atoms with E-state index in [0.29, 0.717) is 0 Å². The molecule has 2 rings (SSSR count). The Morgan fingerprint density at radius 1 is 0.577 bits per heavy atom. The molecule has 2 heterocycles. The number of aliphatic carboxylic acids is 2. The molecule has 4 unspecified atom stereocenters. The average molecular weight is 384 g/mol. The summed E-state index contributed by atoms with van der Waals surface area (Å²) in [7, 11) is 0. The van der Waals surface area contributed by atoms with Crippen LogP contribution in [-0.4, -0.2) is 114 Å². The third-order valence-corrected chi connectivity index (χ3v) is 4.19. The number of carboxylic acids is 2. The van der Waals surface area contributed by atoms with Gasteiger partial charge in [0.05, 0.1) is 12.2 Å². The van der Waals surface area contributed by atoms with E-state index >= 15 is 0 Å². The van der Waals surface area contributed by atoms with Gasteiger partial charge < -0.3 is 50.3 Å². The Kier molecular flexibility index (Phi) is 7.85. The molecule has 0 aromatic carbocycles. The van der Waals surface area contributed by atoms with Crippen molar-refractivity contribution >= 4 is 11.9 Å². The van der Waals surface area contributed by atoms with Gasteiger partial charge in [0.15, 0.2) is 12.2 Å². The molecule has 26 heavy (non-hydrogen) atoms. The minimum Gasteiger partial charge on any atom is -0.479 e. The second-order valence-electron chi connectivity index (χ2n) is 6.14. The molecule has 2 fully saturated rings. The van der Waals surface area contributed by atoms with Gasteiger partial charge in [0.2, 0.25) is 0 Å². The smallest absolute Gasteiger partial charge is 0.335 e. The number of rotatable bonds is 2. The summed E-state index contributed by atoms with van der Waals surface area (Å²) in [4.78, 5) is 21.0. The SMILES string of the molecule is C[C@@H]1O[C@H](C(=O)O)C(O)[C@H](O)C1O.C[C@H]1O[C@H](C(=O)O)C(O)[C@H](O)C1O. The molecule has 0 amide bonds. The third kappa shape index (κ3) is 4.86. The molecular formula is C14H24O12. The van der Waals surface area contributed by atoms with Gasteiger partial charge in [-0.05, 0) is 13.8 Å². The van der Waals surface area contributed by atoms with E-state index < -0.39 is 73.0 Å². The molecule has 10 atom stereocenters. The lowest BCUT2D eigenvalue weighted by Gasteiger charge is -2.37. The summed E-state index contributed by atoms with van der Waals surface area (Å²) in [5.74, 6) is -2.71. The number of ether oxygens (including phenoxy) is 2. The maximum atomic E-state index is 10.5. The highest BCUT2D eigenvalue weighted by atomic mass is 16.6. The number of carboxylic acid groups (broad SMARTS) is 2. The number of hydrogen-bond donors (Lipinski definition) is 8. The van der Waals surface area contributed by atoms with Crippen LogP contribution >= 0.6 is 0 Å². The Bertz CT molecular complexity index is 454. The molecule has 0 aromatic rings. The zero-order chi connectivity index (χ0) is 20.3. The molecule has 0 bridgehead atoms. The predicted octanol–water partition coefficient (Wildman–Crippen LogP) is -4.12. The maximum absolute atomic E-state index is 10.5. The van der Waals surface area contributed by atoms with Crippen molar-refractivity contribution in [2.45, 2.75) is 74.9 Å². The first kappa shape index (κ1) is 22.7. The standard InChI is InChI=1S/2C7H12O6/c2*1-2-3(8)4(9)5(10)6(13-2)7(11)12/h2*2-6,8-10H,1H3,(H,11,12)/t2-,3?,4+,5?,6-;2-,3?,4-,5?,6+/m01/s1. The Balaban J connectivity index is 0.000000260. The van der Waals surface area contributed by atoms with Crippen LogP contribution in [0.4, 0.5) is 0 Å². The minimum atomic E-state index is -1.59. The molecule has 12 nitrogen and oxygen atoms in total. The summed E-state index contributed by atoms with van der Waals surface area (Å²) in [6.07, 6.45) is -13.2. The molecule has 0 radical (unpaired) electrons. The first-order valence-corrected chi connectivity index (χ1v) is 7.75. The topological polar surface area (TPSA) is 214 Å². The molecular weight excluding hydrogens is 360 g/mol. The van der Waals surface area contributed by atoms with Gasteiger partial charge >= 0.3 is 11.9 Å². The first-order chi connectivity index (χ1) is 11.9. The molecule has 0 spiro atoms. The van der Waals surface area contributed by atoms with Gasteiger partial charge in [-0.25, -0.2) is 9.59 Å². The number of carbonyl (C=O) groups is 2. The van der Waals surface area contributed by atoms with Crippen molar-refractivity contribution < 1.29 is 59.9 Å². The second-order valence-corrected chi connectivity index (χ2v) is 6.14. The van der Waals surface area contributed by atoms with Crippen LogP contribution in [0.15, 0.2) is 0 Å². The van der Waals surface area contributed by atoms with Crippen LogP contribution < -0.4 is 0 Å². The summed E-state index contributed by atoms with van der Waals surface area (Å²) >= 11 is 0. The normalized spacial score (nSPS) is 46.0. The zero-order valence-electron chi connectivity index (χ0n) is 14.0. The molecule has 0 aromatic heterocycles. The average Bonchev–Trinajstić information content (AvgIpc) is 2.57. The van der Waals surface area contributed by atoms with E-state index in [0.717, 1.165) is 0 Å². The maximum Gasteiger partial charge on any atom is 0.335 e. The van der Waals surface area contributed by atoms with Crippen molar-refractivity contribution in [2.75, 3.05) is 0 Å². The van der Waals surface area contributed by atoms with Crippen molar-refractivity contribution in [3.63, 3.8) is 0 Å². The van der Waals surface area contributed by atoms with Gasteiger partial charge in [0.25, 0.3) is 0 Å². The molecule has 152 valence electrons. The number of hydrogen-bond acceptors (Lipinski definition) is 10. The summed E-state index contributed by atoms with van der Waals surface area (Å²) in [6, 6.07) is 0. The zero-order valence-corrected chi connectivity index (χ0v) is 14.0. The van der Waals surface area contributed by atoms with Crippen molar-refractivity contribution in [1.29, 1.82) is 0 Å². The fraction of sp³-hybridized carbons (Fsp3) is 0.857. The highest BCUT2D eigenvalue weighted by Crippen LogP contribution is 2.21. The molecule has 0 saturated carbocycles. The lowest BCUT2D eigenvalue weighted by atomic mass is 9.96. The Morgan fingerprint density at radius 2 is 0.846 bits per heavy atom. The van der Waals surface area contributed by atoms with Crippen molar-refractivity contribution in [3.05, 3.63) is 0 Å². The Hall–Kier alpha value is -1.38. The van der Waals surface area contributed by atoms with Gasteiger partial charge in [-0.2, -0.15) is 0 Å². The van der Waals surface area contributed by atoms with Crippen LogP contribution in [0, 0.1) is 0 Å². The fourth-order valence-electron chi connectivity index (χ4n) is 2.51. The fourth-order valence-corrected chi connectivity index (χ4v) is 2.51. The lowest BCUT2D eigenvalue weighted by Crippen LogP contribution is -2.58. The summed E-state index contributed by atoms with van der Waals surface area (Å²) < 4.78 is 9.57. The molecule has 8 N–H and O–H groups in total. The van der Waals surface area contributed by atoms with E-state index in [-0.39, 0.29) is 0 Å². The highest BCUT2D eigenvalue weighted by Gasteiger charge is 2.45. The molecule has 2 aliphatic rings. The first-order valence-electron chi connectivity index (χ1n) is 7.75. The summed E-state index contributed by atoms with van der Waals surface area (Å²) in [6.45, 7) is 2.85. The predicted molar refractivity (Wildman–Crippen MR) is 80.0 cm³/mol. The monoisotopic (exact) mass is 384 g/mol. The number of aliphatic hydroxyl groups excluding tert-OH is 6. The van der Waals surface area contributed by atoms with E-state index in [4.69, 9.17) is 19.7 Å². The minimum absolute atomic E-state index is 0.806. The quantitative estimate of drug-likeness (QED) is 0.228. The molecule has 2 aliphatic heterocycles. The van der Waals surface area contributed by atoms with Gasteiger partial charge in [-0.3, -0.25) is 0 Å². The van der Waals surface area contributed by atoms with E-state index in [9.17, 15) is 40.2 Å². The van der Waals surface area contributed by atoms with Crippen LogP contribution in [-0.2, 0) is 19.1 Å². The third-order valence-electron chi connectivity index (χ3n) is 4.19. The van der Waals surface area contributed by atoms with Crippen molar-refractivity contribution in [2.24, 2.45) is 0 Å². The van der Waals surface area contributed by atoms with Gasteiger partial charge in [-0.1, -0.05) is 0 Å². The number of aliphatic hydroxyl groups is 6. The van der Waals surface area contributed by atoms with E-state index in [2.05, 4.69) is 0 Å².